The number of carbonyl (C=O) groups is 2. The predicted molar refractivity (Wildman–Crippen MR) is 76.6 cm³/mol. The van der Waals surface area contributed by atoms with Crippen LogP contribution in [0, 0.1) is 0 Å². The Kier molecular flexibility index (Phi) is 4.78. The molecule has 2 aromatic rings. The fraction of sp³-hybridized carbons (Fsp3) is 0.154. The van der Waals surface area contributed by atoms with Crippen molar-refractivity contribution in [3.63, 3.8) is 0 Å². The molecule has 0 aliphatic rings. The number of rotatable bonds is 4. The van der Waals surface area contributed by atoms with Crippen molar-refractivity contribution in [2.24, 2.45) is 0 Å². The second-order valence-electron chi connectivity index (χ2n) is 3.84. The van der Waals surface area contributed by atoms with Gasteiger partial charge in [-0.3, -0.25) is 5.32 Å². The summed E-state index contributed by atoms with van der Waals surface area (Å²) in [6.07, 6.45) is 1.11. The van der Waals surface area contributed by atoms with Crippen LogP contribution in [0.1, 0.15) is 17.4 Å². The lowest BCUT2D eigenvalue weighted by Gasteiger charge is -2.04. The van der Waals surface area contributed by atoms with Crippen molar-refractivity contribution < 1.29 is 18.7 Å². The van der Waals surface area contributed by atoms with Gasteiger partial charge in [-0.05, 0) is 31.2 Å². The quantitative estimate of drug-likeness (QED) is 0.846. The van der Waals surface area contributed by atoms with E-state index in [0.717, 1.165) is 6.26 Å². The molecule has 21 heavy (non-hydrogen) atoms. The Bertz CT molecular complexity index is 639. The monoisotopic (exact) mass is 309 g/mol. The second-order valence-corrected chi connectivity index (χ2v) is 4.28. The minimum Gasteiger partial charge on any atom is -0.461 e. The summed E-state index contributed by atoms with van der Waals surface area (Å²) in [5.74, 6) is -0.618. The third-order valence-corrected chi connectivity index (χ3v) is 2.56. The molecule has 7 nitrogen and oxygen atoms in total. The van der Waals surface area contributed by atoms with Gasteiger partial charge in [0.05, 0.1) is 6.61 Å². The van der Waals surface area contributed by atoms with E-state index in [2.05, 4.69) is 15.6 Å². The number of nitrogens with one attached hydrogen (secondary N) is 2. The van der Waals surface area contributed by atoms with Gasteiger partial charge in [-0.15, -0.1) is 0 Å². The van der Waals surface area contributed by atoms with Crippen LogP contribution in [0.25, 0.3) is 0 Å². The molecule has 0 bridgehead atoms. The summed E-state index contributed by atoms with van der Waals surface area (Å²) in [6, 6.07) is 5.89. The van der Waals surface area contributed by atoms with Crippen LogP contribution in [-0.4, -0.2) is 23.6 Å². The number of amides is 2. The van der Waals surface area contributed by atoms with Gasteiger partial charge in [0.15, 0.2) is 5.69 Å². The number of hydrogen-bond acceptors (Lipinski definition) is 5. The van der Waals surface area contributed by atoms with Gasteiger partial charge in [0.2, 0.25) is 0 Å². The number of aromatic nitrogens is 1. The number of esters is 1. The number of carbonyl (C=O) groups excluding carboxylic acids is 2. The summed E-state index contributed by atoms with van der Waals surface area (Å²) in [6.45, 7) is 1.90. The molecule has 1 aromatic carbocycles. The van der Waals surface area contributed by atoms with E-state index in [1.807, 2.05) is 0 Å². The lowest BCUT2D eigenvalue weighted by Crippen LogP contribution is -2.19. The molecule has 1 heterocycles. The normalized spacial score (nSPS) is 10.0. The summed E-state index contributed by atoms with van der Waals surface area (Å²) in [5, 5.41) is 5.47. The summed E-state index contributed by atoms with van der Waals surface area (Å²) < 4.78 is 9.71. The van der Waals surface area contributed by atoms with Crippen LogP contribution >= 0.6 is 11.6 Å². The number of oxazole rings is 1. The van der Waals surface area contributed by atoms with Gasteiger partial charge >= 0.3 is 18.0 Å². The SMILES string of the molecule is CCOC(=O)c1coc(NC(=O)Nc2ccc(Cl)cc2)n1. The van der Waals surface area contributed by atoms with Crippen molar-refractivity contribution in [3.8, 4) is 0 Å². The van der Waals surface area contributed by atoms with E-state index in [-0.39, 0.29) is 18.3 Å². The first kappa shape index (κ1) is 14.9. The number of anilines is 2. The highest BCUT2D eigenvalue weighted by Crippen LogP contribution is 2.14. The van der Waals surface area contributed by atoms with Gasteiger partial charge in [-0.2, -0.15) is 4.98 Å². The van der Waals surface area contributed by atoms with Crippen LogP contribution in [-0.2, 0) is 4.74 Å². The van der Waals surface area contributed by atoms with Crippen LogP contribution in [0.5, 0.6) is 0 Å². The predicted octanol–water partition coefficient (Wildman–Crippen LogP) is 3.15. The summed E-state index contributed by atoms with van der Waals surface area (Å²) >= 11 is 5.74. The molecule has 0 aliphatic heterocycles. The van der Waals surface area contributed by atoms with E-state index < -0.39 is 12.0 Å². The fourth-order valence-corrected chi connectivity index (χ4v) is 1.55. The van der Waals surface area contributed by atoms with E-state index in [9.17, 15) is 9.59 Å². The second kappa shape index (κ2) is 6.76. The van der Waals surface area contributed by atoms with Crippen LogP contribution in [0.15, 0.2) is 34.9 Å². The minimum absolute atomic E-state index is 0.0151. The molecule has 110 valence electrons. The van der Waals surface area contributed by atoms with Gasteiger partial charge in [0, 0.05) is 10.7 Å². The Morgan fingerprint density at radius 3 is 2.67 bits per heavy atom. The maximum absolute atomic E-state index is 11.7. The standard InChI is InChI=1S/C13H12ClN3O4/c1-2-20-11(18)10-7-21-13(16-10)17-12(19)15-9-5-3-8(14)4-6-9/h3-7H,2H2,1H3,(H2,15,16,17,19). The van der Waals surface area contributed by atoms with Crippen molar-refractivity contribution in [3.05, 3.63) is 41.2 Å². The molecular formula is C13H12ClN3O4. The number of urea groups is 1. The first-order valence-electron chi connectivity index (χ1n) is 6.04. The van der Waals surface area contributed by atoms with E-state index in [1.165, 1.54) is 0 Å². The number of hydrogen-bond donors (Lipinski definition) is 2. The Labute approximate surface area is 125 Å². The molecule has 0 saturated heterocycles. The van der Waals surface area contributed by atoms with E-state index in [4.69, 9.17) is 20.8 Å². The Morgan fingerprint density at radius 1 is 1.29 bits per heavy atom. The van der Waals surface area contributed by atoms with Gasteiger partial charge in [0.25, 0.3) is 0 Å². The van der Waals surface area contributed by atoms with E-state index >= 15 is 0 Å². The van der Waals surface area contributed by atoms with Crippen molar-refractivity contribution >= 4 is 35.3 Å². The zero-order valence-electron chi connectivity index (χ0n) is 11.1. The molecule has 2 N–H and O–H groups in total. The van der Waals surface area contributed by atoms with Crippen LogP contribution in [0.3, 0.4) is 0 Å². The smallest absolute Gasteiger partial charge is 0.360 e. The number of halogens is 1. The molecule has 0 unspecified atom stereocenters. The zero-order valence-corrected chi connectivity index (χ0v) is 11.8. The molecular weight excluding hydrogens is 298 g/mol. The number of nitrogens with zero attached hydrogens (tertiary/aromatic N) is 1. The third kappa shape index (κ3) is 4.22. The highest BCUT2D eigenvalue weighted by molar-refractivity contribution is 6.30. The van der Waals surface area contributed by atoms with Gasteiger partial charge in [0.1, 0.15) is 6.26 Å². The van der Waals surface area contributed by atoms with Crippen LogP contribution < -0.4 is 10.6 Å². The maximum atomic E-state index is 11.7. The van der Waals surface area contributed by atoms with Crippen LogP contribution in [0.4, 0.5) is 16.5 Å². The fourth-order valence-electron chi connectivity index (χ4n) is 1.42. The number of ether oxygens (including phenoxy) is 1. The Balaban J connectivity index is 1.93. The summed E-state index contributed by atoms with van der Waals surface area (Å²) in [5.41, 5.74) is 0.535. The molecule has 0 radical (unpaired) electrons. The average molecular weight is 310 g/mol. The molecule has 2 amide bonds. The molecule has 1 aromatic heterocycles. The molecule has 0 atom stereocenters. The van der Waals surface area contributed by atoms with Gasteiger partial charge in [-0.1, -0.05) is 11.6 Å². The summed E-state index contributed by atoms with van der Waals surface area (Å²) in [7, 11) is 0. The molecule has 0 fully saturated rings. The van der Waals surface area contributed by atoms with Gasteiger partial charge < -0.3 is 14.5 Å². The molecule has 0 spiro atoms. The molecule has 0 aliphatic carbocycles. The summed E-state index contributed by atoms with van der Waals surface area (Å²) in [4.78, 5) is 26.9. The molecule has 2 rings (SSSR count). The van der Waals surface area contributed by atoms with Crippen molar-refractivity contribution in [1.82, 2.24) is 4.98 Å². The highest BCUT2D eigenvalue weighted by atomic mass is 35.5. The topological polar surface area (TPSA) is 93.5 Å². The average Bonchev–Trinajstić information content (AvgIpc) is 2.90. The third-order valence-electron chi connectivity index (χ3n) is 2.31. The Morgan fingerprint density at radius 2 is 2.00 bits per heavy atom. The maximum Gasteiger partial charge on any atom is 0.360 e. The molecule has 0 saturated carbocycles. The van der Waals surface area contributed by atoms with E-state index in [0.29, 0.717) is 10.7 Å². The van der Waals surface area contributed by atoms with Crippen LogP contribution in [0.2, 0.25) is 5.02 Å². The number of benzene rings is 1. The van der Waals surface area contributed by atoms with Crippen molar-refractivity contribution in [2.75, 3.05) is 17.2 Å². The highest BCUT2D eigenvalue weighted by Gasteiger charge is 2.14. The lowest BCUT2D eigenvalue weighted by molar-refractivity contribution is 0.0519. The van der Waals surface area contributed by atoms with E-state index in [1.54, 1.807) is 31.2 Å². The first-order valence-corrected chi connectivity index (χ1v) is 6.42. The minimum atomic E-state index is -0.618. The van der Waals surface area contributed by atoms with Gasteiger partial charge in [-0.25, -0.2) is 9.59 Å². The first-order chi connectivity index (χ1) is 10.1. The Hall–Kier alpha value is -2.54. The lowest BCUT2D eigenvalue weighted by atomic mass is 10.3. The van der Waals surface area contributed by atoms with Crippen molar-refractivity contribution in [1.29, 1.82) is 0 Å². The zero-order chi connectivity index (χ0) is 15.2. The van der Waals surface area contributed by atoms with Crippen molar-refractivity contribution in [2.45, 2.75) is 6.92 Å². The molecule has 8 heteroatoms. The largest absolute Gasteiger partial charge is 0.461 e.